The summed E-state index contributed by atoms with van der Waals surface area (Å²) in [5.41, 5.74) is 12.8. The Labute approximate surface area is 342 Å². The summed E-state index contributed by atoms with van der Waals surface area (Å²) in [5, 5.41) is 2.31. The van der Waals surface area contributed by atoms with Crippen molar-refractivity contribution in [3.8, 4) is 33.8 Å². The Bertz CT molecular complexity index is 3190. The third-order valence-electron chi connectivity index (χ3n) is 10.9. The second-order valence-corrected chi connectivity index (χ2v) is 14.6. The highest BCUT2D eigenvalue weighted by atomic mass is 16.5. The minimum absolute atomic E-state index is 0.720. The average Bonchev–Trinajstić information content (AvgIpc) is 3.90. The Morgan fingerprint density at radius 3 is 1.42 bits per heavy atom. The fourth-order valence-corrected chi connectivity index (χ4v) is 8.24. The zero-order valence-corrected chi connectivity index (χ0v) is 32.0. The number of ether oxygens (including phenoxy) is 1. The maximum Gasteiger partial charge on any atom is 0.503 e. The Morgan fingerprint density at radius 1 is 0.322 bits per heavy atom. The van der Waals surface area contributed by atoms with Crippen LogP contribution in [0.2, 0.25) is 0 Å². The standard InChI is InChI=1S/C54H36N4O/c1-4-17-39(18-5-1)47-29-16-30-48(40-19-6-2-7-20-40)53(47)58-38-57(52-34-33-41-21-10-11-28-49(41)54(52)58)44-25-15-27-46(36-44)59-45-26-14-24-43(35-45)56-37-55(42-22-8-3-9-23-42)50-31-12-13-32-51(50)56/h1-36H/q+4. The molecule has 0 aromatic heterocycles. The van der Waals surface area contributed by atoms with Gasteiger partial charge in [-0.25, -0.2) is 0 Å². The predicted molar refractivity (Wildman–Crippen MR) is 243 cm³/mol. The molecule has 0 spiro atoms. The molecule has 9 aromatic carbocycles. The average molecular weight is 757 g/mol. The van der Waals surface area contributed by atoms with Gasteiger partial charge in [-0.3, -0.25) is 0 Å². The summed E-state index contributed by atoms with van der Waals surface area (Å²) < 4.78 is 15.3. The molecule has 0 radical (unpaired) electrons. The lowest BCUT2D eigenvalue weighted by molar-refractivity contribution is 0.482. The van der Waals surface area contributed by atoms with Crippen LogP contribution < -0.4 is 23.0 Å². The fraction of sp³-hybridized carbons (Fsp3) is 0. The van der Waals surface area contributed by atoms with Crippen molar-refractivity contribution < 1.29 is 4.74 Å². The van der Waals surface area contributed by atoms with Crippen molar-refractivity contribution in [3.05, 3.63) is 218 Å². The largest absolute Gasteiger partial charge is 0.503 e. The van der Waals surface area contributed by atoms with Crippen LogP contribution in [0.15, 0.2) is 218 Å². The lowest BCUT2D eigenvalue weighted by Gasteiger charge is -2.11. The van der Waals surface area contributed by atoms with Gasteiger partial charge in [0.25, 0.3) is 17.1 Å². The predicted octanol–water partition coefficient (Wildman–Crippen LogP) is 13.7. The molecule has 5 heteroatoms. The van der Waals surface area contributed by atoms with Crippen LogP contribution >= 0.6 is 0 Å². The van der Waals surface area contributed by atoms with E-state index in [2.05, 4.69) is 206 Å². The van der Waals surface area contributed by atoms with Crippen LogP contribution in [0.3, 0.4) is 0 Å². The van der Waals surface area contributed by atoms with E-state index in [1.54, 1.807) is 0 Å². The quantitative estimate of drug-likeness (QED) is 0.142. The SMILES string of the molecule is C1=[N+](c2ccccc2)c2ccccc2[N+]=1c1cccc(Oc2cccc([N+]3=C=[N+](c4c(-c5ccccc5)cccc4-c4ccccc4)c4c3ccc3ccccc43)c2)c1. The second kappa shape index (κ2) is 14.4. The van der Waals surface area contributed by atoms with Gasteiger partial charge in [0.2, 0.25) is 22.7 Å². The van der Waals surface area contributed by atoms with Crippen LogP contribution in [0.25, 0.3) is 33.0 Å². The maximum atomic E-state index is 6.67. The van der Waals surface area contributed by atoms with Gasteiger partial charge in [0.1, 0.15) is 11.5 Å². The highest BCUT2D eigenvalue weighted by Crippen LogP contribution is 2.47. The zero-order valence-electron chi connectivity index (χ0n) is 32.0. The van der Waals surface area contributed by atoms with Gasteiger partial charge in [0.15, 0.2) is 0 Å². The lowest BCUT2D eigenvalue weighted by atomic mass is 9.95. The van der Waals surface area contributed by atoms with Crippen molar-refractivity contribution >= 4 is 68.3 Å². The molecular formula is C54H36N4O+4. The van der Waals surface area contributed by atoms with E-state index in [9.17, 15) is 0 Å². The van der Waals surface area contributed by atoms with Gasteiger partial charge in [0.05, 0.1) is 28.6 Å². The van der Waals surface area contributed by atoms with Crippen LogP contribution in [-0.4, -0.2) is 12.0 Å². The number of para-hydroxylation sites is 4. The smallest absolute Gasteiger partial charge is 0.457 e. The Hall–Kier alpha value is -8.20. The third kappa shape index (κ3) is 6.08. The molecule has 0 atom stereocenters. The summed E-state index contributed by atoms with van der Waals surface area (Å²) in [6, 6.07) is 83.4. The number of nitrogens with zero attached hydrogens (tertiary/aromatic N) is 4. The van der Waals surface area contributed by atoms with Crippen molar-refractivity contribution in [2.24, 2.45) is 0 Å². The van der Waals surface area contributed by atoms with E-state index in [-0.39, 0.29) is 0 Å². The van der Waals surface area contributed by atoms with Gasteiger partial charge in [-0.05, 0) is 71.2 Å². The van der Waals surface area contributed by atoms with Crippen LogP contribution in [0.4, 0.5) is 45.5 Å². The molecule has 11 rings (SSSR count). The van der Waals surface area contributed by atoms with Gasteiger partial charge in [-0.1, -0.05) is 127 Å². The first-order valence-electron chi connectivity index (χ1n) is 19.8. The summed E-state index contributed by atoms with van der Waals surface area (Å²) >= 11 is 0. The maximum absolute atomic E-state index is 6.67. The molecule has 2 aliphatic heterocycles. The molecule has 2 aliphatic rings. The number of fused-ring (bicyclic) bond motifs is 4. The molecule has 0 saturated heterocycles. The van der Waals surface area contributed by atoms with Gasteiger partial charge >= 0.3 is 17.7 Å². The Kier molecular flexibility index (Phi) is 8.31. The molecule has 0 saturated carbocycles. The van der Waals surface area contributed by atoms with Crippen LogP contribution in [-0.2, 0) is 0 Å². The van der Waals surface area contributed by atoms with E-state index in [4.69, 9.17) is 4.74 Å². The summed E-state index contributed by atoms with van der Waals surface area (Å²) in [5.74, 6) is 1.45. The third-order valence-corrected chi connectivity index (χ3v) is 10.9. The molecule has 274 valence electrons. The van der Waals surface area contributed by atoms with Crippen molar-refractivity contribution in [2.75, 3.05) is 0 Å². The fourth-order valence-electron chi connectivity index (χ4n) is 8.24. The van der Waals surface area contributed by atoms with Crippen LogP contribution in [0.5, 0.6) is 11.5 Å². The van der Waals surface area contributed by atoms with Crippen molar-refractivity contribution in [1.29, 1.82) is 0 Å². The summed E-state index contributed by atoms with van der Waals surface area (Å²) in [7, 11) is 0. The molecule has 59 heavy (non-hydrogen) atoms. The Morgan fingerprint density at radius 2 is 0.797 bits per heavy atom. The van der Waals surface area contributed by atoms with E-state index >= 15 is 0 Å². The first-order chi connectivity index (χ1) is 29.3. The molecule has 0 bridgehead atoms. The van der Waals surface area contributed by atoms with Gasteiger partial charge < -0.3 is 4.74 Å². The highest BCUT2D eigenvalue weighted by Gasteiger charge is 2.41. The monoisotopic (exact) mass is 756 g/mol. The topological polar surface area (TPSA) is 21.3 Å². The zero-order chi connectivity index (χ0) is 39.1. The lowest BCUT2D eigenvalue weighted by Crippen LogP contribution is -2.05. The van der Waals surface area contributed by atoms with Crippen molar-refractivity contribution in [1.82, 2.24) is 18.3 Å². The molecule has 0 N–H and O–H groups in total. The van der Waals surface area contributed by atoms with Gasteiger partial charge in [-0.2, -0.15) is 0 Å². The molecular weight excluding hydrogens is 721 g/mol. The summed E-state index contributed by atoms with van der Waals surface area (Å²) in [4.78, 5) is 0. The number of rotatable bonds is 8. The minimum Gasteiger partial charge on any atom is -0.457 e. The molecule has 0 aliphatic carbocycles. The molecule has 0 fully saturated rings. The minimum atomic E-state index is 0.720. The number of hydrogen-bond acceptors (Lipinski definition) is 1. The molecule has 2 heterocycles. The molecule has 9 aromatic rings. The molecule has 0 unspecified atom stereocenters. The number of hydrogen-bond donors (Lipinski definition) is 0. The number of benzene rings is 9. The van der Waals surface area contributed by atoms with E-state index in [0.717, 1.165) is 90.0 Å². The summed E-state index contributed by atoms with van der Waals surface area (Å²) in [6.07, 6.45) is 0. The van der Waals surface area contributed by atoms with Crippen LogP contribution in [0, 0.1) is 0 Å². The first kappa shape index (κ1) is 34.1. The normalized spacial score (nSPS) is 12.6. The molecule has 0 amide bonds. The van der Waals surface area contributed by atoms with Crippen molar-refractivity contribution in [3.63, 3.8) is 0 Å². The molecule has 5 nitrogen and oxygen atoms in total. The second-order valence-electron chi connectivity index (χ2n) is 14.6. The summed E-state index contributed by atoms with van der Waals surface area (Å²) in [6.45, 7) is 0. The van der Waals surface area contributed by atoms with Crippen molar-refractivity contribution in [2.45, 2.75) is 0 Å². The van der Waals surface area contributed by atoms with E-state index in [0.29, 0.717) is 0 Å². The van der Waals surface area contributed by atoms with E-state index in [1.165, 1.54) is 0 Å². The van der Waals surface area contributed by atoms with Crippen LogP contribution in [0.1, 0.15) is 0 Å². The van der Waals surface area contributed by atoms with Gasteiger partial charge in [-0.15, -0.1) is 0 Å². The highest BCUT2D eigenvalue weighted by molar-refractivity contribution is 6.06. The first-order valence-corrected chi connectivity index (χ1v) is 19.8. The van der Waals surface area contributed by atoms with Gasteiger partial charge in [0, 0.05) is 42.5 Å². The van der Waals surface area contributed by atoms with E-state index < -0.39 is 0 Å². The Balaban J connectivity index is 1.04. The van der Waals surface area contributed by atoms with E-state index in [1.807, 2.05) is 42.5 Å².